The number of hydrogen-bond donors (Lipinski definition) is 2. The van der Waals surface area contributed by atoms with Gasteiger partial charge in [-0.1, -0.05) is 6.92 Å². The van der Waals surface area contributed by atoms with E-state index in [0.29, 0.717) is 30.9 Å². The molecule has 0 atom stereocenters. The minimum absolute atomic E-state index is 0.00365. The summed E-state index contributed by atoms with van der Waals surface area (Å²) >= 11 is 0. The molecule has 0 saturated heterocycles. The Morgan fingerprint density at radius 2 is 1.65 bits per heavy atom. The highest BCUT2D eigenvalue weighted by molar-refractivity contribution is 5.93. The van der Waals surface area contributed by atoms with Gasteiger partial charge < -0.3 is 10.1 Å². The zero-order valence-electron chi connectivity index (χ0n) is 17.6. The number of aromatic nitrogens is 2. The summed E-state index contributed by atoms with van der Waals surface area (Å²) in [5.74, 6) is -1.08. The van der Waals surface area contributed by atoms with Gasteiger partial charge in [0.05, 0.1) is 23.4 Å². The van der Waals surface area contributed by atoms with Crippen LogP contribution in [0.4, 0.5) is 30.7 Å². The number of carbonyl (C=O) groups is 1. The summed E-state index contributed by atoms with van der Waals surface area (Å²) in [5.41, 5.74) is -3.08. The molecule has 0 saturated carbocycles. The fourth-order valence-electron chi connectivity index (χ4n) is 3.02. The van der Waals surface area contributed by atoms with Gasteiger partial charge in [0, 0.05) is 12.1 Å². The molecule has 182 valence electrons. The number of amides is 1. The number of hydrogen-bond acceptors (Lipinski definition) is 3. The van der Waals surface area contributed by atoms with Crippen molar-refractivity contribution >= 4 is 5.91 Å². The Labute approximate surface area is 188 Å². The van der Waals surface area contributed by atoms with E-state index in [9.17, 15) is 35.5 Å². The number of aromatic amines is 1. The van der Waals surface area contributed by atoms with Gasteiger partial charge in [0.25, 0.3) is 5.91 Å². The first-order chi connectivity index (χ1) is 15.9. The van der Waals surface area contributed by atoms with Gasteiger partial charge in [-0.2, -0.15) is 31.4 Å². The molecule has 2 aromatic carbocycles. The summed E-state index contributed by atoms with van der Waals surface area (Å²) in [6, 6.07) is 6.07. The van der Waals surface area contributed by atoms with Crippen LogP contribution >= 0.6 is 0 Å². The van der Waals surface area contributed by atoms with Crippen LogP contribution in [0.1, 0.15) is 40.5 Å². The largest absolute Gasteiger partial charge is 0.493 e. The van der Waals surface area contributed by atoms with E-state index < -0.39 is 47.3 Å². The molecule has 0 aliphatic rings. The lowest BCUT2D eigenvalue weighted by molar-refractivity contribution is -0.143. The normalized spacial score (nSPS) is 12.0. The maximum Gasteiger partial charge on any atom is 0.416 e. The van der Waals surface area contributed by atoms with E-state index in [1.54, 1.807) is 0 Å². The Bertz CT molecular complexity index is 1140. The highest BCUT2D eigenvalue weighted by atomic mass is 19.4. The van der Waals surface area contributed by atoms with E-state index in [4.69, 9.17) is 4.74 Å². The van der Waals surface area contributed by atoms with Crippen LogP contribution in [-0.2, 0) is 18.9 Å². The lowest BCUT2D eigenvalue weighted by atomic mass is 10.0. The Kier molecular flexibility index (Phi) is 7.18. The van der Waals surface area contributed by atoms with Gasteiger partial charge in [0.1, 0.15) is 17.3 Å². The number of H-pyrrole nitrogens is 1. The average molecular weight is 489 g/mol. The molecule has 0 unspecified atom stereocenters. The summed E-state index contributed by atoms with van der Waals surface area (Å²) in [6.07, 6.45) is -9.31. The zero-order valence-corrected chi connectivity index (χ0v) is 17.6. The van der Waals surface area contributed by atoms with Crippen molar-refractivity contribution in [3.63, 3.8) is 0 Å². The Balaban J connectivity index is 1.80. The van der Waals surface area contributed by atoms with Crippen LogP contribution in [0, 0.1) is 5.82 Å². The topological polar surface area (TPSA) is 67.0 Å². The fraction of sp³-hybridized carbons (Fsp3) is 0.273. The van der Waals surface area contributed by atoms with Gasteiger partial charge in [-0.05, 0) is 54.4 Å². The number of ether oxygens (including phenoxy) is 1. The summed E-state index contributed by atoms with van der Waals surface area (Å²) < 4.78 is 97.3. The monoisotopic (exact) mass is 489 g/mol. The SMILES string of the molecule is CCCOc1ccc(F)cc1-c1cc(C(=O)NCc2cc(C(F)(F)F)cc(C(F)(F)F)c2)[nH]n1. The van der Waals surface area contributed by atoms with Crippen LogP contribution in [0.15, 0.2) is 42.5 Å². The van der Waals surface area contributed by atoms with E-state index in [2.05, 4.69) is 15.5 Å². The van der Waals surface area contributed by atoms with Crippen molar-refractivity contribution in [2.45, 2.75) is 32.2 Å². The van der Waals surface area contributed by atoms with Crippen molar-refractivity contribution in [3.05, 3.63) is 70.7 Å². The predicted molar refractivity (Wildman–Crippen MR) is 107 cm³/mol. The number of rotatable bonds is 7. The molecule has 0 spiro atoms. The molecule has 0 bridgehead atoms. The second-order valence-electron chi connectivity index (χ2n) is 7.25. The second kappa shape index (κ2) is 9.74. The molecule has 3 rings (SSSR count). The summed E-state index contributed by atoms with van der Waals surface area (Å²) in [7, 11) is 0. The molecule has 0 aliphatic carbocycles. The summed E-state index contributed by atoms with van der Waals surface area (Å²) in [5, 5.41) is 8.60. The van der Waals surface area contributed by atoms with Gasteiger partial charge in [-0.15, -0.1) is 0 Å². The van der Waals surface area contributed by atoms with E-state index >= 15 is 0 Å². The zero-order chi connectivity index (χ0) is 25.1. The molecule has 12 heteroatoms. The molecule has 2 N–H and O–H groups in total. The highest BCUT2D eigenvalue weighted by Crippen LogP contribution is 2.36. The molecule has 1 amide bonds. The predicted octanol–water partition coefficient (Wildman–Crippen LogP) is 5.97. The van der Waals surface area contributed by atoms with Gasteiger partial charge in [-0.3, -0.25) is 9.89 Å². The smallest absolute Gasteiger partial charge is 0.416 e. The molecule has 0 radical (unpaired) electrons. The number of nitrogens with zero attached hydrogens (tertiary/aromatic N) is 1. The third-order valence-electron chi connectivity index (χ3n) is 4.60. The summed E-state index contributed by atoms with van der Waals surface area (Å²) in [4.78, 5) is 12.4. The van der Waals surface area contributed by atoms with E-state index in [1.807, 2.05) is 6.92 Å². The maximum absolute atomic E-state index is 13.7. The van der Waals surface area contributed by atoms with Crippen molar-refractivity contribution in [1.29, 1.82) is 0 Å². The first-order valence-electron chi connectivity index (χ1n) is 9.93. The minimum Gasteiger partial charge on any atom is -0.493 e. The quantitative estimate of drug-likeness (QED) is 0.402. The first-order valence-corrected chi connectivity index (χ1v) is 9.93. The number of nitrogens with one attached hydrogen (secondary N) is 2. The summed E-state index contributed by atoms with van der Waals surface area (Å²) in [6.45, 7) is 1.63. The van der Waals surface area contributed by atoms with Crippen LogP contribution in [0.5, 0.6) is 5.75 Å². The Morgan fingerprint density at radius 1 is 1.00 bits per heavy atom. The minimum atomic E-state index is -5.00. The van der Waals surface area contributed by atoms with Gasteiger partial charge in [0.2, 0.25) is 0 Å². The lowest BCUT2D eigenvalue weighted by Crippen LogP contribution is -2.24. The van der Waals surface area contributed by atoms with Crippen LogP contribution in [0.3, 0.4) is 0 Å². The van der Waals surface area contributed by atoms with E-state index in [1.165, 1.54) is 18.2 Å². The van der Waals surface area contributed by atoms with E-state index in [0.717, 1.165) is 6.07 Å². The maximum atomic E-state index is 13.7. The molecule has 3 aromatic rings. The molecule has 0 aliphatic heterocycles. The molecular formula is C22H18F7N3O2. The van der Waals surface area contributed by atoms with Crippen molar-refractivity contribution < 1.29 is 40.3 Å². The number of alkyl halides is 6. The van der Waals surface area contributed by atoms with Crippen LogP contribution in [0.25, 0.3) is 11.3 Å². The molecule has 1 aromatic heterocycles. The molecular weight excluding hydrogens is 471 g/mol. The van der Waals surface area contributed by atoms with Gasteiger partial charge in [0.15, 0.2) is 0 Å². The number of halogens is 7. The standard InChI is InChI=1S/C22H18F7N3O2/c1-2-5-34-19-4-3-15(23)9-16(19)17-10-18(32-31-17)20(33)30-11-12-6-13(21(24,25)26)8-14(7-12)22(27,28)29/h3-4,6-10H,2,5,11H2,1H3,(H,30,33)(H,31,32). The Morgan fingerprint density at radius 3 is 2.24 bits per heavy atom. The molecule has 1 heterocycles. The molecule has 0 fully saturated rings. The van der Waals surface area contributed by atoms with Crippen LogP contribution < -0.4 is 10.1 Å². The van der Waals surface area contributed by atoms with E-state index in [-0.39, 0.29) is 23.0 Å². The first kappa shape index (κ1) is 25.1. The van der Waals surface area contributed by atoms with Crippen LogP contribution in [0.2, 0.25) is 0 Å². The third-order valence-corrected chi connectivity index (χ3v) is 4.60. The highest BCUT2D eigenvalue weighted by Gasteiger charge is 2.36. The third kappa shape index (κ3) is 6.06. The van der Waals surface area contributed by atoms with Crippen LogP contribution in [-0.4, -0.2) is 22.7 Å². The van der Waals surface area contributed by atoms with Crippen molar-refractivity contribution in [3.8, 4) is 17.0 Å². The van der Waals surface area contributed by atoms with Crippen molar-refractivity contribution in [1.82, 2.24) is 15.5 Å². The van der Waals surface area contributed by atoms with Crippen molar-refractivity contribution in [2.75, 3.05) is 6.61 Å². The number of benzene rings is 2. The lowest BCUT2D eigenvalue weighted by Gasteiger charge is -2.14. The number of carbonyl (C=O) groups excluding carboxylic acids is 1. The van der Waals surface area contributed by atoms with Crippen molar-refractivity contribution in [2.24, 2.45) is 0 Å². The fourth-order valence-corrected chi connectivity index (χ4v) is 3.02. The second-order valence-corrected chi connectivity index (χ2v) is 7.25. The molecule has 5 nitrogen and oxygen atoms in total. The van der Waals surface area contributed by atoms with Gasteiger partial charge >= 0.3 is 12.4 Å². The average Bonchev–Trinajstić information content (AvgIpc) is 3.25. The molecule has 34 heavy (non-hydrogen) atoms. The Hall–Kier alpha value is -3.57. The van der Waals surface area contributed by atoms with Gasteiger partial charge in [-0.25, -0.2) is 4.39 Å².